The Bertz CT molecular complexity index is 748. The largest absolute Gasteiger partial charge is 0.378 e. The van der Waals surface area contributed by atoms with Crippen molar-refractivity contribution in [3.63, 3.8) is 0 Å². The number of ether oxygens (including phenoxy) is 1. The number of aryl methyl sites for hydroxylation is 2. The molecule has 0 bridgehead atoms. The lowest BCUT2D eigenvalue weighted by atomic mass is 10.1. The molecule has 2 aromatic rings. The monoisotopic (exact) mass is 387 g/mol. The number of nitrogens with zero attached hydrogens (tertiary/aromatic N) is 5. The van der Waals surface area contributed by atoms with E-state index >= 15 is 0 Å². The van der Waals surface area contributed by atoms with Gasteiger partial charge >= 0.3 is 6.03 Å². The van der Waals surface area contributed by atoms with Crippen molar-refractivity contribution >= 4 is 17.4 Å². The molecule has 0 N–H and O–H groups in total. The first-order valence-corrected chi connectivity index (χ1v) is 10.5. The van der Waals surface area contributed by atoms with E-state index in [0.29, 0.717) is 26.3 Å². The van der Waals surface area contributed by atoms with Crippen LogP contribution in [0.4, 0.5) is 4.79 Å². The van der Waals surface area contributed by atoms with Crippen LogP contribution in [0.25, 0.3) is 0 Å². The number of aromatic nitrogens is 3. The Kier molecular flexibility index (Phi) is 5.94. The SMILES string of the molecule is O=C(N1CCOCC1)N1CCCC1c1nnc(CCCc2cccnc2)s1. The van der Waals surface area contributed by atoms with Gasteiger partial charge in [-0.25, -0.2) is 4.79 Å². The third-order valence-corrected chi connectivity index (χ3v) is 6.21. The van der Waals surface area contributed by atoms with E-state index in [9.17, 15) is 4.79 Å². The number of hydrogen-bond acceptors (Lipinski definition) is 6. The van der Waals surface area contributed by atoms with E-state index < -0.39 is 0 Å². The molecule has 4 heterocycles. The molecule has 2 aromatic heterocycles. The minimum atomic E-state index is 0.0740. The highest BCUT2D eigenvalue weighted by Gasteiger charge is 2.35. The maximum Gasteiger partial charge on any atom is 0.320 e. The lowest BCUT2D eigenvalue weighted by Gasteiger charge is -2.33. The molecule has 2 aliphatic heterocycles. The quantitative estimate of drug-likeness (QED) is 0.789. The lowest BCUT2D eigenvalue weighted by Crippen LogP contribution is -2.47. The van der Waals surface area contributed by atoms with Crippen molar-refractivity contribution < 1.29 is 9.53 Å². The van der Waals surface area contributed by atoms with E-state index in [1.165, 1.54) is 5.56 Å². The molecule has 1 unspecified atom stereocenters. The summed E-state index contributed by atoms with van der Waals surface area (Å²) in [4.78, 5) is 20.9. The van der Waals surface area contributed by atoms with Crippen molar-refractivity contribution in [1.82, 2.24) is 25.0 Å². The van der Waals surface area contributed by atoms with Crippen molar-refractivity contribution in [2.24, 2.45) is 0 Å². The normalized spacial score (nSPS) is 20.2. The van der Waals surface area contributed by atoms with Crippen LogP contribution < -0.4 is 0 Å². The number of likely N-dealkylation sites (tertiary alicyclic amines) is 1. The predicted octanol–water partition coefficient (Wildman–Crippen LogP) is 2.70. The van der Waals surface area contributed by atoms with Gasteiger partial charge in [-0.2, -0.15) is 0 Å². The topological polar surface area (TPSA) is 71.5 Å². The van der Waals surface area contributed by atoms with Crippen LogP contribution >= 0.6 is 11.3 Å². The Morgan fingerprint density at radius 3 is 2.93 bits per heavy atom. The number of amides is 2. The summed E-state index contributed by atoms with van der Waals surface area (Å²) < 4.78 is 5.36. The van der Waals surface area contributed by atoms with Crippen LogP contribution in [0.15, 0.2) is 24.5 Å². The van der Waals surface area contributed by atoms with Crippen molar-refractivity contribution in [2.75, 3.05) is 32.8 Å². The fourth-order valence-electron chi connectivity index (χ4n) is 3.68. The molecule has 2 fully saturated rings. The highest BCUT2D eigenvalue weighted by atomic mass is 32.1. The second kappa shape index (κ2) is 8.75. The Balaban J connectivity index is 1.34. The fourth-order valence-corrected chi connectivity index (χ4v) is 4.71. The second-order valence-corrected chi connectivity index (χ2v) is 8.08. The van der Waals surface area contributed by atoms with Gasteiger partial charge in [0.1, 0.15) is 10.0 Å². The van der Waals surface area contributed by atoms with Gasteiger partial charge in [-0.1, -0.05) is 17.4 Å². The summed E-state index contributed by atoms with van der Waals surface area (Å²) in [6.07, 6.45) is 8.65. The van der Waals surface area contributed by atoms with E-state index in [-0.39, 0.29) is 12.1 Å². The zero-order valence-electron chi connectivity index (χ0n) is 15.4. The van der Waals surface area contributed by atoms with E-state index in [1.54, 1.807) is 17.5 Å². The summed E-state index contributed by atoms with van der Waals surface area (Å²) in [6, 6.07) is 4.27. The molecule has 27 heavy (non-hydrogen) atoms. The Morgan fingerprint density at radius 2 is 2.11 bits per heavy atom. The smallest absolute Gasteiger partial charge is 0.320 e. The van der Waals surface area contributed by atoms with E-state index in [0.717, 1.165) is 48.7 Å². The van der Waals surface area contributed by atoms with Crippen molar-refractivity contribution in [3.8, 4) is 0 Å². The first kappa shape index (κ1) is 18.3. The van der Waals surface area contributed by atoms with Gasteiger partial charge in [0, 0.05) is 38.4 Å². The van der Waals surface area contributed by atoms with Crippen molar-refractivity contribution in [1.29, 1.82) is 0 Å². The summed E-state index contributed by atoms with van der Waals surface area (Å²) >= 11 is 1.66. The van der Waals surface area contributed by atoms with Crippen LogP contribution in [0.2, 0.25) is 0 Å². The summed E-state index contributed by atoms with van der Waals surface area (Å²) in [5.41, 5.74) is 1.25. The average Bonchev–Trinajstić information content (AvgIpc) is 3.38. The van der Waals surface area contributed by atoms with Gasteiger partial charge in [0.15, 0.2) is 0 Å². The molecule has 0 aliphatic carbocycles. The molecule has 2 aliphatic rings. The highest BCUT2D eigenvalue weighted by Crippen LogP contribution is 2.34. The van der Waals surface area contributed by atoms with Gasteiger partial charge in [-0.3, -0.25) is 4.98 Å². The number of morpholine rings is 1. The van der Waals surface area contributed by atoms with Gasteiger partial charge in [0.05, 0.1) is 19.3 Å². The number of hydrogen-bond donors (Lipinski definition) is 0. The van der Waals surface area contributed by atoms with Gasteiger partial charge in [-0.15, -0.1) is 10.2 Å². The Labute approximate surface area is 163 Å². The number of carbonyl (C=O) groups is 1. The van der Waals surface area contributed by atoms with Crippen molar-refractivity contribution in [3.05, 3.63) is 40.1 Å². The first-order chi connectivity index (χ1) is 13.3. The average molecular weight is 388 g/mol. The number of rotatable bonds is 5. The zero-order valence-corrected chi connectivity index (χ0v) is 16.2. The van der Waals surface area contributed by atoms with Crippen LogP contribution in [-0.4, -0.2) is 63.9 Å². The molecule has 0 radical (unpaired) electrons. The molecular formula is C19H25N5O2S. The fraction of sp³-hybridized carbons (Fsp3) is 0.579. The minimum absolute atomic E-state index is 0.0740. The van der Waals surface area contributed by atoms with E-state index in [1.807, 2.05) is 22.1 Å². The second-order valence-electron chi connectivity index (χ2n) is 6.98. The Hall–Kier alpha value is -2.06. The van der Waals surface area contributed by atoms with E-state index in [4.69, 9.17) is 4.74 Å². The molecule has 0 aromatic carbocycles. The predicted molar refractivity (Wildman–Crippen MR) is 103 cm³/mol. The molecule has 1 atom stereocenters. The number of carbonyl (C=O) groups excluding carboxylic acids is 1. The Morgan fingerprint density at radius 1 is 1.22 bits per heavy atom. The molecule has 7 nitrogen and oxygen atoms in total. The summed E-state index contributed by atoms with van der Waals surface area (Å²) in [5.74, 6) is 0. The number of urea groups is 1. The van der Waals surface area contributed by atoms with Gasteiger partial charge in [-0.05, 0) is 37.3 Å². The van der Waals surface area contributed by atoms with Crippen LogP contribution in [0.1, 0.15) is 40.9 Å². The molecule has 0 saturated carbocycles. The summed E-state index contributed by atoms with van der Waals surface area (Å²) in [7, 11) is 0. The summed E-state index contributed by atoms with van der Waals surface area (Å²) in [6.45, 7) is 3.42. The van der Waals surface area contributed by atoms with Gasteiger partial charge in [0.25, 0.3) is 0 Å². The van der Waals surface area contributed by atoms with Crippen LogP contribution in [0.3, 0.4) is 0 Å². The van der Waals surface area contributed by atoms with Gasteiger partial charge < -0.3 is 14.5 Å². The molecule has 0 spiro atoms. The summed E-state index contributed by atoms with van der Waals surface area (Å²) in [5, 5.41) is 10.8. The molecule has 2 amide bonds. The molecule has 4 rings (SSSR count). The molecule has 8 heteroatoms. The first-order valence-electron chi connectivity index (χ1n) is 9.66. The standard InChI is InChI=1S/C19H25N5O2S/c25-19(23-10-12-26-13-11-23)24-9-3-6-16(24)18-22-21-17(27-18)7-1-4-15-5-2-8-20-14-15/h2,5,8,14,16H,1,3-4,6-7,9-13H2. The van der Waals surface area contributed by atoms with Gasteiger partial charge in [0.2, 0.25) is 0 Å². The highest BCUT2D eigenvalue weighted by molar-refractivity contribution is 7.11. The van der Waals surface area contributed by atoms with Crippen molar-refractivity contribution in [2.45, 2.75) is 38.1 Å². The van der Waals surface area contributed by atoms with Crippen LogP contribution in [-0.2, 0) is 17.6 Å². The van der Waals surface area contributed by atoms with Crippen LogP contribution in [0, 0.1) is 0 Å². The third kappa shape index (κ3) is 4.44. The lowest BCUT2D eigenvalue weighted by molar-refractivity contribution is 0.0421. The molecular weight excluding hydrogens is 362 g/mol. The van der Waals surface area contributed by atoms with E-state index in [2.05, 4.69) is 21.2 Å². The molecule has 2 saturated heterocycles. The zero-order chi connectivity index (χ0) is 18.5. The van der Waals surface area contributed by atoms with Crippen LogP contribution in [0.5, 0.6) is 0 Å². The minimum Gasteiger partial charge on any atom is -0.378 e. The molecule has 144 valence electrons. The maximum absolute atomic E-state index is 12.9. The number of pyridine rings is 1. The third-order valence-electron chi connectivity index (χ3n) is 5.13. The maximum atomic E-state index is 12.9.